The number of piperidine rings is 1. The minimum Gasteiger partial charge on any atom is -0.497 e. The zero-order valence-corrected chi connectivity index (χ0v) is 22.0. The Morgan fingerprint density at radius 1 is 1.40 bits per heavy atom. The molecular weight excluding hydrogens is 507 g/mol. The number of fused-ring (bicyclic) bond motifs is 1. The van der Waals surface area contributed by atoms with Gasteiger partial charge in [0.1, 0.15) is 11.9 Å². The fourth-order valence-electron chi connectivity index (χ4n) is 4.94. The molecule has 2 unspecified atom stereocenters. The molecule has 0 radical (unpaired) electrons. The number of carboxylic acids is 1. The fraction of sp³-hybridized carbons (Fsp3) is 0.462. The summed E-state index contributed by atoms with van der Waals surface area (Å²) in [5, 5.41) is 14.7. The lowest BCUT2D eigenvalue weighted by atomic mass is 9.79. The van der Waals surface area contributed by atoms with E-state index in [2.05, 4.69) is 26.7 Å². The number of hydrogen-bond donors (Lipinski definition) is 1. The first-order chi connectivity index (χ1) is 16.9. The van der Waals surface area contributed by atoms with Crippen LogP contribution in [0, 0.1) is 11.8 Å². The number of aliphatic carboxylic acids is 1. The van der Waals surface area contributed by atoms with Gasteiger partial charge in [0.2, 0.25) is 0 Å². The van der Waals surface area contributed by atoms with Gasteiger partial charge in [-0.2, -0.15) is 11.3 Å². The number of carbonyl (C=O) groups is 1. The lowest BCUT2D eigenvalue weighted by Crippen LogP contribution is -2.42. The van der Waals surface area contributed by atoms with Crippen molar-refractivity contribution < 1.29 is 19.0 Å². The summed E-state index contributed by atoms with van der Waals surface area (Å²) in [6.07, 6.45) is 2.16. The van der Waals surface area contributed by atoms with Crippen molar-refractivity contribution in [3.05, 3.63) is 51.8 Å². The SMILES string of the molecule is COc1ccc2ncc(Cl)c([C@H](F)CCC3CCN(CCSc4ccsc4)CC3CC(=O)O)c2c1. The number of rotatable bonds is 11. The van der Waals surface area contributed by atoms with E-state index >= 15 is 4.39 Å². The Morgan fingerprint density at radius 3 is 3.00 bits per heavy atom. The number of pyridine rings is 1. The van der Waals surface area contributed by atoms with Crippen LogP contribution in [0.15, 0.2) is 46.1 Å². The van der Waals surface area contributed by atoms with Crippen molar-refractivity contribution in [3.8, 4) is 5.75 Å². The summed E-state index contributed by atoms with van der Waals surface area (Å²) in [5.74, 6) is 1.00. The molecule has 0 amide bonds. The Labute approximate surface area is 218 Å². The second-order valence-corrected chi connectivity index (χ2v) is 11.3. The van der Waals surface area contributed by atoms with E-state index in [0.29, 0.717) is 40.1 Å². The number of methoxy groups -OCH3 is 1. The molecule has 35 heavy (non-hydrogen) atoms. The molecule has 3 atom stereocenters. The van der Waals surface area contributed by atoms with Crippen LogP contribution >= 0.6 is 34.7 Å². The predicted molar refractivity (Wildman–Crippen MR) is 142 cm³/mol. The maximum atomic E-state index is 15.6. The number of alkyl halides is 1. The van der Waals surface area contributed by atoms with Crippen LogP contribution in [0.2, 0.25) is 5.02 Å². The third-order valence-corrected chi connectivity index (χ3v) is 8.86. The van der Waals surface area contributed by atoms with Gasteiger partial charge in [0.05, 0.1) is 17.6 Å². The van der Waals surface area contributed by atoms with Gasteiger partial charge in [-0.25, -0.2) is 4.39 Å². The first-order valence-corrected chi connectivity index (χ1v) is 14.1. The van der Waals surface area contributed by atoms with Crippen molar-refractivity contribution in [2.75, 3.05) is 32.5 Å². The molecule has 3 aromatic rings. The van der Waals surface area contributed by atoms with Gasteiger partial charge in [0, 0.05) is 52.7 Å². The number of ether oxygens (including phenoxy) is 1. The molecule has 1 N–H and O–H groups in total. The molecule has 9 heteroatoms. The Morgan fingerprint density at radius 2 is 2.26 bits per heavy atom. The van der Waals surface area contributed by atoms with Gasteiger partial charge in [0.25, 0.3) is 0 Å². The quantitative estimate of drug-likeness (QED) is 0.267. The molecule has 0 aliphatic carbocycles. The Hall–Kier alpha value is -1.87. The van der Waals surface area contributed by atoms with Crippen LogP contribution in [0.3, 0.4) is 0 Å². The first kappa shape index (κ1) is 26.2. The molecule has 2 aromatic heterocycles. The summed E-state index contributed by atoms with van der Waals surface area (Å²) in [4.78, 5) is 19.5. The molecule has 1 aliphatic rings. The molecule has 4 rings (SSSR count). The smallest absolute Gasteiger partial charge is 0.303 e. The van der Waals surface area contributed by atoms with Gasteiger partial charge in [0.15, 0.2) is 0 Å². The topological polar surface area (TPSA) is 62.7 Å². The standard InChI is InChI=1S/C26H30ClFN2O3S2/c1-33-19-3-5-24-21(13-19)26(22(27)14-29-24)23(28)4-2-17-6-8-30(15-18(17)12-25(31)32)9-11-35-20-7-10-34-16-20/h3,5,7,10,13-14,16-18,23H,2,4,6,8-9,11-12,15H2,1H3,(H,31,32)/t17?,18?,23-/m1/s1. The number of aromatic nitrogens is 1. The van der Waals surface area contributed by atoms with E-state index in [9.17, 15) is 9.90 Å². The molecule has 0 spiro atoms. The number of thioether (sulfide) groups is 1. The summed E-state index contributed by atoms with van der Waals surface area (Å²) >= 11 is 9.91. The van der Waals surface area contributed by atoms with E-state index in [1.54, 1.807) is 36.6 Å². The highest BCUT2D eigenvalue weighted by Crippen LogP contribution is 2.39. The molecular formula is C26H30ClFN2O3S2. The summed E-state index contributed by atoms with van der Waals surface area (Å²) in [6, 6.07) is 7.49. The van der Waals surface area contributed by atoms with Gasteiger partial charge in [-0.05, 0) is 67.3 Å². The van der Waals surface area contributed by atoms with Crippen LogP contribution in [-0.2, 0) is 4.79 Å². The number of thiophene rings is 1. The van der Waals surface area contributed by atoms with E-state index in [0.717, 1.165) is 31.8 Å². The largest absolute Gasteiger partial charge is 0.497 e. The van der Waals surface area contributed by atoms with Gasteiger partial charge in [-0.3, -0.25) is 9.78 Å². The zero-order chi connectivity index (χ0) is 24.8. The van der Waals surface area contributed by atoms with Crippen LogP contribution in [0.1, 0.15) is 37.4 Å². The average molecular weight is 537 g/mol. The van der Waals surface area contributed by atoms with Crippen LogP contribution in [0.25, 0.3) is 10.9 Å². The average Bonchev–Trinajstić information content (AvgIpc) is 3.36. The summed E-state index contributed by atoms with van der Waals surface area (Å²) in [6.45, 7) is 2.59. The molecule has 188 valence electrons. The van der Waals surface area contributed by atoms with Crippen LogP contribution in [0.5, 0.6) is 5.75 Å². The van der Waals surface area contributed by atoms with E-state index in [1.165, 1.54) is 11.1 Å². The van der Waals surface area contributed by atoms with E-state index in [4.69, 9.17) is 16.3 Å². The highest BCUT2D eigenvalue weighted by molar-refractivity contribution is 7.99. The van der Waals surface area contributed by atoms with Gasteiger partial charge >= 0.3 is 5.97 Å². The first-order valence-electron chi connectivity index (χ1n) is 11.8. The number of likely N-dealkylation sites (tertiary alicyclic amines) is 1. The molecule has 0 saturated carbocycles. The minimum atomic E-state index is -1.26. The Bertz CT molecular complexity index is 1130. The van der Waals surface area contributed by atoms with Gasteiger partial charge < -0.3 is 14.7 Å². The molecule has 1 aromatic carbocycles. The second-order valence-electron chi connectivity index (χ2n) is 8.96. The summed E-state index contributed by atoms with van der Waals surface area (Å²) < 4.78 is 20.9. The monoisotopic (exact) mass is 536 g/mol. The van der Waals surface area contributed by atoms with Crippen molar-refractivity contribution in [1.82, 2.24) is 9.88 Å². The van der Waals surface area contributed by atoms with Crippen molar-refractivity contribution in [1.29, 1.82) is 0 Å². The molecule has 3 heterocycles. The highest BCUT2D eigenvalue weighted by Gasteiger charge is 2.31. The van der Waals surface area contributed by atoms with Gasteiger partial charge in [-0.15, -0.1) is 11.8 Å². The van der Waals surface area contributed by atoms with Crippen LogP contribution in [-0.4, -0.2) is 53.5 Å². The molecule has 1 saturated heterocycles. The summed E-state index contributed by atoms with van der Waals surface area (Å²) in [5.41, 5.74) is 1.11. The van der Waals surface area contributed by atoms with E-state index in [1.807, 2.05) is 11.8 Å². The van der Waals surface area contributed by atoms with Gasteiger partial charge in [-0.1, -0.05) is 11.6 Å². The lowest BCUT2D eigenvalue weighted by molar-refractivity contribution is -0.139. The predicted octanol–water partition coefficient (Wildman–Crippen LogP) is 6.95. The van der Waals surface area contributed by atoms with Crippen molar-refractivity contribution >= 4 is 51.6 Å². The highest BCUT2D eigenvalue weighted by atomic mass is 35.5. The fourth-order valence-corrected chi connectivity index (χ4v) is 7.00. The molecule has 5 nitrogen and oxygen atoms in total. The third-order valence-electron chi connectivity index (χ3n) is 6.76. The summed E-state index contributed by atoms with van der Waals surface area (Å²) in [7, 11) is 1.57. The van der Waals surface area contributed by atoms with Crippen molar-refractivity contribution in [3.63, 3.8) is 0 Å². The minimum absolute atomic E-state index is 0.0179. The maximum Gasteiger partial charge on any atom is 0.303 e. The van der Waals surface area contributed by atoms with E-state index in [-0.39, 0.29) is 18.3 Å². The number of carboxylic acid groups (broad SMARTS) is 1. The zero-order valence-electron chi connectivity index (χ0n) is 19.7. The lowest BCUT2D eigenvalue weighted by Gasteiger charge is -2.38. The molecule has 1 fully saturated rings. The number of halogens is 2. The number of benzene rings is 1. The van der Waals surface area contributed by atoms with Crippen molar-refractivity contribution in [2.24, 2.45) is 11.8 Å². The molecule has 0 bridgehead atoms. The maximum absolute atomic E-state index is 15.6. The third kappa shape index (κ3) is 6.88. The van der Waals surface area contributed by atoms with E-state index < -0.39 is 12.1 Å². The van der Waals surface area contributed by atoms with Crippen LogP contribution in [0.4, 0.5) is 4.39 Å². The van der Waals surface area contributed by atoms with Crippen LogP contribution < -0.4 is 4.74 Å². The normalized spacial score (nSPS) is 19.6. The number of nitrogens with zero attached hydrogens (tertiary/aromatic N) is 2. The Balaban J connectivity index is 1.39. The van der Waals surface area contributed by atoms with Crippen molar-refractivity contribution in [2.45, 2.75) is 36.8 Å². The molecule has 1 aliphatic heterocycles. The Kier molecular flexibility index (Phi) is 9.27. The number of hydrogen-bond acceptors (Lipinski definition) is 6. The second kappa shape index (κ2) is 12.4.